The first-order chi connectivity index (χ1) is 20.5. The number of aromatic nitrogens is 4. The molecular formula is C34H40N6O4. The second-order valence-electron chi connectivity index (χ2n) is 14.3. The van der Waals surface area contributed by atoms with Crippen LogP contribution in [0.25, 0.3) is 11.1 Å². The molecule has 4 N–H and O–H groups in total. The van der Waals surface area contributed by atoms with Gasteiger partial charge in [-0.3, -0.25) is 9.80 Å². The highest BCUT2D eigenvalue weighted by Crippen LogP contribution is 2.50. The van der Waals surface area contributed by atoms with Gasteiger partial charge in [-0.1, -0.05) is 77.9 Å². The lowest BCUT2D eigenvalue weighted by Crippen LogP contribution is -2.50. The van der Waals surface area contributed by atoms with Crippen molar-refractivity contribution in [1.29, 1.82) is 0 Å². The average Bonchev–Trinajstić information content (AvgIpc) is 3.76. The fourth-order valence-corrected chi connectivity index (χ4v) is 7.43. The number of nitrogens with zero attached hydrogens (tertiary/aromatic N) is 4. The Morgan fingerprint density at radius 1 is 0.727 bits per heavy atom. The van der Waals surface area contributed by atoms with E-state index >= 15 is 0 Å². The summed E-state index contributed by atoms with van der Waals surface area (Å²) in [7, 11) is 3.21. The molecule has 4 aromatic rings. The third-order valence-corrected chi connectivity index (χ3v) is 9.48. The van der Waals surface area contributed by atoms with Gasteiger partial charge in [0.2, 0.25) is 0 Å². The Bertz CT molecular complexity index is 1790. The molecule has 0 saturated carbocycles. The Hall–Kier alpha value is -4.60. The molecule has 6 rings (SSSR count). The van der Waals surface area contributed by atoms with E-state index in [2.05, 4.69) is 85.7 Å². The summed E-state index contributed by atoms with van der Waals surface area (Å²) in [5.74, 6) is 1.25. The monoisotopic (exact) mass is 596 g/mol. The lowest BCUT2D eigenvalue weighted by molar-refractivity contribution is 0.108. The highest BCUT2D eigenvalue weighted by Gasteiger charge is 2.51. The van der Waals surface area contributed by atoms with Crippen LogP contribution in [0.2, 0.25) is 0 Å². The summed E-state index contributed by atoms with van der Waals surface area (Å²) in [5, 5.41) is 20.2. The SMILES string of the molecule is CN(C(=O)O)C1(c2ccc(-c3ccc([C@]4(N(C)C(=O)O)Cc5cnc4[nH]5)c(C(C)(C)C)c3C(C)(C)C)cc2)Cc2cnc1[nH]2. The van der Waals surface area contributed by atoms with Gasteiger partial charge >= 0.3 is 12.2 Å². The minimum Gasteiger partial charge on any atom is -0.465 e. The predicted molar refractivity (Wildman–Crippen MR) is 167 cm³/mol. The summed E-state index contributed by atoms with van der Waals surface area (Å²) in [4.78, 5) is 43.1. The smallest absolute Gasteiger partial charge is 0.408 e. The van der Waals surface area contributed by atoms with Crippen molar-refractivity contribution in [2.24, 2.45) is 0 Å². The zero-order valence-electron chi connectivity index (χ0n) is 26.5. The number of benzene rings is 2. The largest absolute Gasteiger partial charge is 0.465 e. The molecule has 2 atom stereocenters. The first-order valence-corrected chi connectivity index (χ1v) is 14.8. The van der Waals surface area contributed by atoms with Crippen molar-refractivity contribution < 1.29 is 19.8 Å². The highest BCUT2D eigenvalue weighted by molar-refractivity contribution is 5.75. The zero-order chi connectivity index (χ0) is 32.0. The standard InChI is InChI=1S/C34H40N6O4/c1-31(2,3)25-23(19-9-11-20(12-10-19)33(39(7)29(41)42)15-21-17-35-27(33)37-21)13-14-24(26(25)32(4,5)6)34(40(8)30(43)44)16-22-18-36-28(34)38-22/h9-14,17-18H,15-16H2,1-8H3,(H,35,37)(H,36,38)(H,41,42)(H,43,44)/t33?,34-/m1/s1. The molecule has 44 heavy (non-hydrogen) atoms. The van der Waals surface area contributed by atoms with Crippen LogP contribution in [0.1, 0.15) is 86.8 Å². The lowest BCUT2D eigenvalue weighted by Gasteiger charge is -2.43. The van der Waals surface area contributed by atoms with Crippen LogP contribution in [0.15, 0.2) is 48.8 Å². The molecule has 2 aliphatic heterocycles. The Balaban J connectivity index is 1.56. The summed E-state index contributed by atoms with van der Waals surface area (Å²) >= 11 is 0. The first-order valence-electron chi connectivity index (χ1n) is 14.8. The van der Waals surface area contributed by atoms with Crippen LogP contribution >= 0.6 is 0 Å². The zero-order valence-corrected chi connectivity index (χ0v) is 26.5. The fraction of sp³-hybridized carbons (Fsp3) is 0.412. The Labute approximate surface area is 257 Å². The summed E-state index contributed by atoms with van der Waals surface area (Å²) in [5.41, 5.74) is 5.31. The molecule has 0 spiro atoms. The van der Waals surface area contributed by atoms with E-state index < -0.39 is 23.3 Å². The molecular weight excluding hydrogens is 556 g/mol. The molecule has 2 aromatic heterocycles. The van der Waals surface area contributed by atoms with Gasteiger partial charge in [-0.2, -0.15) is 0 Å². The number of hydrogen-bond donors (Lipinski definition) is 4. The Morgan fingerprint density at radius 3 is 1.61 bits per heavy atom. The van der Waals surface area contributed by atoms with Gasteiger partial charge in [0.15, 0.2) is 0 Å². The molecule has 4 heterocycles. The predicted octanol–water partition coefficient (Wildman–Crippen LogP) is 6.21. The molecule has 10 heteroatoms. The van der Waals surface area contributed by atoms with E-state index in [1.54, 1.807) is 26.5 Å². The van der Waals surface area contributed by atoms with Crippen LogP contribution < -0.4 is 0 Å². The molecule has 2 aliphatic rings. The number of likely N-dealkylation sites (N-methyl/N-ethyl adjacent to an activating group) is 2. The molecule has 10 nitrogen and oxygen atoms in total. The number of rotatable bonds is 5. The molecule has 4 bridgehead atoms. The minimum atomic E-state index is -1.03. The van der Waals surface area contributed by atoms with Gasteiger partial charge < -0.3 is 20.2 Å². The third kappa shape index (κ3) is 4.07. The maximum Gasteiger partial charge on any atom is 0.408 e. The minimum absolute atomic E-state index is 0.303. The van der Waals surface area contributed by atoms with Crippen LogP contribution in [0, 0.1) is 0 Å². The first kappa shape index (κ1) is 29.5. The number of nitrogens with one attached hydrogen (secondary N) is 2. The summed E-state index contributed by atoms with van der Waals surface area (Å²) < 4.78 is 0. The van der Waals surface area contributed by atoms with Crippen molar-refractivity contribution in [2.45, 2.75) is 76.3 Å². The number of H-pyrrole nitrogens is 2. The molecule has 0 aliphatic carbocycles. The molecule has 1 unspecified atom stereocenters. The van der Waals surface area contributed by atoms with E-state index in [-0.39, 0.29) is 10.8 Å². The van der Waals surface area contributed by atoms with E-state index in [0.29, 0.717) is 24.5 Å². The second-order valence-corrected chi connectivity index (χ2v) is 14.3. The second kappa shape index (κ2) is 9.45. The molecule has 0 fully saturated rings. The molecule has 230 valence electrons. The van der Waals surface area contributed by atoms with E-state index in [1.165, 1.54) is 9.80 Å². The number of aromatic amines is 2. The maximum absolute atomic E-state index is 12.5. The van der Waals surface area contributed by atoms with Crippen LogP contribution in [-0.2, 0) is 34.7 Å². The van der Waals surface area contributed by atoms with Gasteiger partial charge in [0.1, 0.15) is 22.7 Å². The van der Waals surface area contributed by atoms with Crippen LogP contribution in [0.4, 0.5) is 9.59 Å². The topological polar surface area (TPSA) is 138 Å². The third-order valence-electron chi connectivity index (χ3n) is 9.48. The van der Waals surface area contributed by atoms with Gasteiger partial charge in [-0.05, 0) is 44.2 Å². The quantitative estimate of drug-likeness (QED) is 0.216. The van der Waals surface area contributed by atoms with Gasteiger partial charge in [-0.15, -0.1) is 0 Å². The van der Waals surface area contributed by atoms with Gasteiger partial charge in [0.05, 0.1) is 0 Å². The van der Waals surface area contributed by atoms with Crippen molar-refractivity contribution in [3.63, 3.8) is 0 Å². The van der Waals surface area contributed by atoms with Crippen molar-refractivity contribution in [3.8, 4) is 11.1 Å². The summed E-state index contributed by atoms with van der Waals surface area (Å²) in [6.07, 6.45) is 2.48. The van der Waals surface area contributed by atoms with Gasteiger partial charge in [-0.25, -0.2) is 19.6 Å². The van der Waals surface area contributed by atoms with Crippen molar-refractivity contribution >= 4 is 12.2 Å². The van der Waals surface area contributed by atoms with Crippen molar-refractivity contribution in [3.05, 3.63) is 94.1 Å². The Morgan fingerprint density at radius 2 is 1.20 bits per heavy atom. The van der Waals surface area contributed by atoms with Crippen molar-refractivity contribution in [2.75, 3.05) is 14.1 Å². The number of hydrogen-bond acceptors (Lipinski definition) is 4. The van der Waals surface area contributed by atoms with E-state index in [4.69, 9.17) is 0 Å². The number of fused-ring (bicyclic) bond motifs is 4. The van der Waals surface area contributed by atoms with E-state index in [9.17, 15) is 19.8 Å². The number of carboxylic acid groups (broad SMARTS) is 2. The van der Waals surface area contributed by atoms with Crippen LogP contribution in [0.5, 0.6) is 0 Å². The maximum atomic E-state index is 12.5. The van der Waals surface area contributed by atoms with Crippen LogP contribution in [-0.4, -0.2) is 66.2 Å². The number of amides is 2. The van der Waals surface area contributed by atoms with Gasteiger partial charge in [0.25, 0.3) is 0 Å². The van der Waals surface area contributed by atoms with E-state index in [0.717, 1.165) is 44.8 Å². The molecule has 2 amide bonds. The highest BCUT2D eigenvalue weighted by atomic mass is 16.4. The van der Waals surface area contributed by atoms with Crippen LogP contribution in [0.3, 0.4) is 0 Å². The Kier molecular flexibility index (Phi) is 6.33. The summed E-state index contributed by atoms with van der Waals surface area (Å²) in [6.45, 7) is 13.1. The molecule has 0 saturated heterocycles. The molecule has 0 radical (unpaired) electrons. The lowest BCUT2D eigenvalue weighted by atomic mass is 9.66. The fourth-order valence-electron chi connectivity index (χ4n) is 7.43. The number of carbonyl (C=O) groups is 2. The summed E-state index contributed by atoms with van der Waals surface area (Å²) in [6, 6.07) is 12.3. The molecule has 2 aromatic carbocycles. The van der Waals surface area contributed by atoms with Gasteiger partial charge in [0, 0.05) is 50.7 Å². The average molecular weight is 597 g/mol. The normalized spacial score (nSPS) is 20.6. The number of imidazole rings is 2. The van der Waals surface area contributed by atoms with E-state index in [1.807, 2.05) is 12.1 Å². The van der Waals surface area contributed by atoms with Crippen molar-refractivity contribution in [1.82, 2.24) is 29.7 Å².